The fourth-order valence-corrected chi connectivity index (χ4v) is 3.64. The van der Waals surface area contributed by atoms with Crippen molar-refractivity contribution in [1.82, 2.24) is 9.97 Å². The number of ether oxygens (including phenoxy) is 1. The van der Waals surface area contributed by atoms with Gasteiger partial charge in [0.1, 0.15) is 12.4 Å². The number of hydrogen-bond donors (Lipinski definition) is 0. The number of unbranched alkanes of at least 4 members (excludes halogenated alkanes) is 7. The molecular formula is C28H33N3O. The van der Waals surface area contributed by atoms with Gasteiger partial charge in [0.15, 0.2) is 5.82 Å². The van der Waals surface area contributed by atoms with Crippen molar-refractivity contribution in [3.05, 3.63) is 77.6 Å². The van der Waals surface area contributed by atoms with Crippen molar-refractivity contribution in [2.75, 3.05) is 0 Å². The Morgan fingerprint density at radius 3 is 2.00 bits per heavy atom. The van der Waals surface area contributed by atoms with Crippen LogP contribution >= 0.6 is 0 Å². The summed E-state index contributed by atoms with van der Waals surface area (Å²) in [4.78, 5) is 9.12. The molecule has 4 heteroatoms. The molecule has 0 N–H and O–H groups in total. The van der Waals surface area contributed by atoms with Gasteiger partial charge in [0.25, 0.3) is 0 Å². The van der Waals surface area contributed by atoms with Gasteiger partial charge in [0, 0.05) is 18.0 Å². The minimum absolute atomic E-state index is 0.467. The molecular weight excluding hydrogens is 394 g/mol. The summed E-state index contributed by atoms with van der Waals surface area (Å²) in [5, 5.41) is 8.87. The molecule has 1 heterocycles. The number of benzene rings is 2. The zero-order valence-corrected chi connectivity index (χ0v) is 19.1. The Balaban J connectivity index is 1.41. The monoisotopic (exact) mass is 427 g/mol. The Kier molecular flexibility index (Phi) is 9.73. The highest BCUT2D eigenvalue weighted by Crippen LogP contribution is 2.20. The van der Waals surface area contributed by atoms with Gasteiger partial charge in [-0.15, -0.1) is 0 Å². The van der Waals surface area contributed by atoms with Crippen LogP contribution in [0.4, 0.5) is 0 Å². The van der Waals surface area contributed by atoms with Crippen molar-refractivity contribution in [2.24, 2.45) is 0 Å². The number of nitriles is 1. The predicted octanol–water partition coefficient (Wildman–Crippen LogP) is 7.28. The second kappa shape index (κ2) is 13.3. The quantitative estimate of drug-likeness (QED) is 0.269. The molecule has 0 aliphatic carbocycles. The summed E-state index contributed by atoms with van der Waals surface area (Å²) in [5.41, 5.74) is 3.88. The molecule has 0 atom stereocenters. The summed E-state index contributed by atoms with van der Waals surface area (Å²) in [6, 6.07) is 17.4. The SMILES string of the molecule is CCCCCCCCCCc1cnc(-c2ccc(OCc3ccc(C#N)cc3)cc2)nc1. The number of aryl methyl sites for hydroxylation is 1. The highest BCUT2D eigenvalue weighted by atomic mass is 16.5. The fraction of sp³-hybridized carbons (Fsp3) is 0.393. The molecule has 0 unspecified atom stereocenters. The lowest BCUT2D eigenvalue weighted by atomic mass is 10.1. The van der Waals surface area contributed by atoms with E-state index in [1.54, 1.807) is 12.1 Å². The molecule has 0 aliphatic rings. The third-order valence-corrected chi connectivity index (χ3v) is 5.63. The summed E-state index contributed by atoms with van der Waals surface area (Å²) in [6.45, 7) is 2.73. The van der Waals surface area contributed by atoms with Crippen LogP contribution in [-0.2, 0) is 13.0 Å². The molecule has 3 rings (SSSR count). The lowest BCUT2D eigenvalue weighted by Crippen LogP contribution is -1.96. The van der Waals surface area contributed by atoms with Crippen LogP contribution in [0.5, 0.6) is 5.75 Å². The van der Waals surface area contributed by atoms with Crippen LogP contribution in [0, 0.1) is 11.3 Å². The minimum atomic E-state index is 0.467. The molecule has 0 saturated heterocycles. The van der Waals surface area contributed by atoms with Crippen molar-refractivity contribution in [2.45, 2.75) is 71.3 Å². The number of rotatable bonds is 13. The number of aromatic nitrogens is 2. The Labute approximate surface area is 192 Å². The first kappa shape index (κ1) is 23.5. The smallest absolute Gasteiger partial charge is 0.159 e. The van der Waals surface area contributed by atoms with E-state index < -0.39 is 0 Å². The standard InChI is InChI=1S/C28H33N3O/c1-2-3-4-5-6-7-8-9-10-25-20-30-28(31-21-25)26-15-17-27(18-16-26)32-22-24-13-11-23(19-29)12-14-24/h11-18,20-21H,2-10,22H2,1H3. The maximum Gasteiger partial charge on any atom is 0.159 e. The van der Waals surface area contributed by atoms with Crippen molar-refractivity contribution in [3.63, 3.8) is 0 Å². The van der Waals surface area contributed by atoms with Crippen LogP contribution < -0.4 is 4.74 Å². The molecule has 1 aromatic heterocycles. The van der Waals surface area contributed by atoms with Crippen LogP contribution in [0.1, 0.15) is 75.0 Å². The molecule has 2 aromatic carbocycles. The normalized spacial score (nSPS) is 10.6. The summed E-state index contributed by atoms with van der Waals surface area (Å²) < 4.78 is 5.84. The van der Waals surface area contributed by atoms with Gasteiger partial charge in [-0.3, -0.25) is 0 Å². The van der Waals surface area contributed by atoms with Crippen LogP contribution in [0.2, 0.25) is 0 Å². The highest BCUT2D eigenvalue weighted by Gasteiger charge is 2.04. The molecule has 0 radical (unpaired) electrons. The molecule has 0 spiro atoms. The largest absolute Gasteiger partial charge is 0.489 e. The van der Waals surface area contributed by atoms with Gasteiger partial charge in [-0.25, -0.2) is 9.97 Å². The maximum atomic E-state index is 8.87. The van der Waals surface area contributed by atoms with Crippen molar-refractivity contribution >= 4 is 0 Å². The van der Waals surface area contributed by atoms with Gasteiger partial charge in [0.2, 0.25) is 0 Å². The summed E-state index contributed by atoms with van der Waals surface area (Å²) >= 11 is 0. The van der Waals surface area contributed by atoms with Crippen molar-refractivity contribution in [3.8, 4) is 23.2 Å². The summed E-state index contributed by atoms with van der Waals surface area (Å²) in [7, 11) is 0. The Morgan fingerprint density at radius 2 is 1.38 bits per heavy atom. The topological polar surface area (TPSA) is 58.8 Å². The van der Waals surface area contributed by atoms with E-state index in [2.05, 4.69) is 23.0 Å². The first-order valence-electron chi connectivity index (χ1n) is 11.8. The average Bonchev–Trinajstić information content (AvgIpc) is 2.85. The van der Waals surface area contributed by atoms with Crippen LogP contribution in [0.15, 0.2) is 60.9 Å². The number of hydrogen-bond acceptors (Lipinski definition) is 4. The Hall–Kier alpha value is -3.19. The first-order valence-corrected chi connectivity index (χ1v) is 11.8. The van der Waals surface area contributed by atoms with E-state index in [1.165, 1.54) is 56.9 Å². The van der Waals surface area contributed by atoms with Gasteiger partial charge in [0.05, 0.1) is 11.6 Å². The molecule has 0 aliphatic heterocycles. The molecule has 4 nitrogen and oxygen atoms in total. The van der Waals surface area contributed by atoms with E-state index in [4.69, 9.17) is 10.00 Å². The predicted molar refractivity (Wildman–Crippen MR) is 129 cm³/mol. The molecule has 0 saturated carbocycles. The zero-order chi connectivity index (χ0) is 22.4. The first-order chi connectivity index (χ1) is 15.8. The van der Waals surface area contributed by atoms with Crippen LogP contribution in [-0.4, -0.2) is 9.97 Å². The maximum absolute atomic E-state index is 8.87. The van der Waals surface area contributed by atoms with E-state index in [0.29, 0.717) is 12.2 Å². The van der Waals surface area contributed by atoms with Gasteiger partial charge in [-0.05, 0) is 60.4 Å². The van der Waals surface area contributed by atoms with E-state index in [1.807, 2.05) is 48.8 Å². The lowest BCUT2D eigenvalue weighted by molar-refractivity contribution is 0.306. The molecule has 0 bridgehead atoms. The number of nitrogens with zero attached hydrogens (tertiary/aromatic N) is 3. The average molecular weight is 428 g/mol. The van der Waals surface area contributed by atoms with Crippen LogP contribution in [0.25, 0.3) is 11.4 Å². The van der Waals surface area contributed by atoms with E-state index in [-0.39, 0.29) is 0 Å². The summed E-state index contributed by atoms with van der Waals surface area (Å²) in [6.07, 6.45) is 15.6. The van der Waals surface area contributed by atoms with E-state index >= 15 is 0 Å². The second-order valence-electron chi connectivity index (χ2n) is 8.26. The third kappa shape index (κ3) is 7.81. The fourth-order valence-electron chi connectivity index (χ4n) is 3.64. The van der Waals surface area contributed by atoms with Crippen molar-refractivity contribution in [1.29, 1.82) is 5.26 Å². The van der Waals surface area contributed by atoms with Gasteiger partial charge in [-0.2, -0.15) is 5.26 Å². The minimum Gasteiger partial charge on any atom is -0.489 e. The van der Waals surface area contributed by atoms with E-state index in [9.17, 15) is 0 Å². The van der Waals surface area contributed by atoms with E-state index in [0.717, 1.165) is 29.1 Å². The van der Waals surface area contributed by atoms with Gasteiger partial charge in [-0.1, -0.05) is 64.0 Å². The van der Waals surface area contributed by atoms with Gasteiger partial charge >= 0.3 is 0 Å². The lowest BCUT2D eigenvalue weighted by Gasteiger charge is -2.08. The Bertz CT molecular complexity index is 958. The molecule has 0 fully saturated rings. The summed E-state index contributed by atoms with van der Waals surface area (Å²) in [5.74, 6) is 1.53. The zero-order valence-electron chi connectivity index (χ0n) is 19.1. The molecule has 32 heavy (non-hydrogen) atoms. The second-order valence-corrected chi connectivity index (χ2v) is 8.26. The van der Waals surface area contributed by atoms with Crippen molar-refractivity contribution < 1.29 is 4.74 Å². The Morgan fingerprint density at radius 1 is 0.750 bits per heavy atom. The molecule has 0 amide bonds. The highest BCUT2D eigenvalue weighted by molar-refractivity contribution is 5.55. The third-order valence-electron chi connectivity index (χ3n) is 5.63. The van der Waals surface area contributed by atoms with Gasteiger partial charge < -0.3 is 4.74 Å². The molecule has 3 aromatic rings. The van der Waals surface area contributed by atoms with Crippen LogP contribution in [0.3, 0.4) is 0 Å². The molecule has 166 valence electrons.